The van der Waals surface area contributed by atoms with E-state index in [0.29, 0.717) is 11.3 Å². The van der Waals surface area contributed by atoms with Crippen molar-refractivity contribution >= 4 is 0 Å². The summed E-state index contributed by atoms with van der Waals surface area (Å²) in [5, 5.41) is 9.36. The number of benzene rings is 1. The number of hydrogen-bond acceptors (Lipinski definition) is 4. The fourth-order valence-corrected chi connectivity index (χ4v) is 1.40. The number of rotatable bonds is 6. The molecule has 0 aromatic heterocycles. The van der Waals surface area contributed by atoms with Crippen LogP contribution in [0, 0.1) is 5.82 Å². The predicted molar refractivity (Wildman–Crippen MR) is 62.4 cm³/mol. The summed E-state index contributed by atoms with van der Waals surface area (Å²) in [7, 11) is 1.49. The molecule has 0 bridgehead atoms. The molecule has 2 atom stereocenters. The normalized spacial score (nSPS) is 14.4. The fourth-order valence-electron chi connectivity index (χ4n) is 1.40. The highest BCUT2D eigenvalue weighted by molar-refractivity contribution is 5.30. The van der Waals surface area contributed by atoms with Crippen LogP contribution in [0.1, 0.15) is 18.5 Å². The van der Waals surface area contributed by atoms with E-state index in [1.165, 1.54) is 13.2 Å². The summed E-state index contributed by atoms with van der Waals surface area (Å²) >= 11 is 0. The van der Waals surface area contributed by atoms with Gasteiger partial charge in [-0.25, -0.2) is 4.39 Å². The third-order valence-corrected chi connectivity index (χ3v) is 2.26. The third kappa shape index (κ3) is 4.30. The second-order valence-electron chi connectivity index (χ2n) is 3.89. The largest absolute Gasteiger partial charge is 0.491 e. The van der Waals surface area contributed by atoms with Crippen LogP contribution in [0.5, 0.6) is 5.75 Å². The van der Waals surface area contributed by atoms with Crippen molar-refractivity contribution in [1.82, 2.24) is 0 Å². The third-order valence-electron chi connectivity index (χ3n) is 2.26. The fraction of sp³-hybridized carbons (Fsp3) is 0.500. The van der Waals surface area contributed by atoms with E-state index in [4.69, 9.17) is 15.2 Å². The monoisotopic (exact) mass is 243 g/mol. The molecule has 17 heavy (non-hydrogen) atoms. The Kier molecular flexibility index (Phi) is 5.34. The summed E-state index contributed by atoms with van der Waals surface area (Å²) in [5.41, 5.74) is 6.03. The minimum Gasteiger partial charge on any atom is -0.491 e. The van der Waals surface area contributed by atoms with Gasteiger partial charge in [-0.1, -0.05) is 6.07 Å². The average Bonchev–Trinajstić information content (AvgIpc) is 2.26. The molecule has 4 nitrogen and oxygen atoms in total. The Labute approximate surface area is 100 Å². The van der Waals surface area contributed by atoms with Gasteiger partial charge in [0.15, 0.2) is 0 Å². The molecule has 0 aliphatic carbocycles. The lowest BCUT2D eigenvalue weighted by atomic mass is 10.1. The molecule has 96 valence electrons. The quantitative estimate of drug-likeness (QED) is 0.788. The maximum absolute atomic E-state index is 13.5. The van der Waals surface area contributed by atoms with Crippen molar-refractivity contribution < 1.29 is 19.0 Å². The first-order chi connectivity index (χ1) is 8.04. The summed E-state index contributed by atoms with van der Waals surface area (Å²) < 4.78 is 23.5. The lowest BCUT2D eigenvalue weighted by molar-refractivity contribution is 0.0325. The van der Waals surface area contributed by atoms with Gasteiger partial charge < -0.3 is 20.3 Å². The molecule has 0 radical (unpaired) electrons. The number of nitrogens with two attached hydrogens (primary N) is 1. The van der Waals surface area contributed by atoms with Crippen LogP contribution in [0.25, 0.3) is 0 Å². The summed E-state index contributed by atoms with van der Waals surface area (Å²) in [4.78, 5) is 0. The van der Waals surface area contributed by atoms with E-state index >= 15 is 0 Å². The molecule has 0 aliphatic heterocycles. The van der Waals surface area contributed by atoms with Gasteiger partial charge in [0, 0.05) is 24.8 Å². The van der Waals surface area contributed by atoms with Gasteiger partial charge in [-0.2, -0.15) is 0 Å². The molecule has 0 spiro atoms. The Morgan fingerprint density at radius 2 is 2.12 bits per heavy atom. The topological polar surface area (TPSA) is 64.7 Å². The summed E-state index contributed by atoms with van der Waals surface area (Å²) in [6, 6.07) is 4.11. The molecule has 1 rings (SSSR count). The molecule has 1 aromatic carbocycles. The van der Waals surface area contributed by atoms with Crippen molar-refractivity contribution in [2.45, 2.75) is 19.1 Å². The number of aliphatic hydroxyl groups is 1. The molecule has 0 amide bonds. The first-order valence-electron chi connectivity index (χ1n) is 5.39. The van der Waals surface area contributed by atoms with E-state index in [9.17, 15) is 9.50 Å². The smallest absolute Gasteiger partial charge is 0.131 e. The van der Waals surface area contributed by atoms with Gasteiger partial charge >= 0.3 is 0 Å². The highest BCUT2D eigenvalue weighted by atomic mass is 19.1. The zero-order valence-electron chi connectivity index (χ0n) is 10.0. The van der Waals surface area contributed by atoms with Crippen LogP contribution in [0.15, 0.2) is 18.2 Å². The highest BCUT2D eigenvalue weighted by Crippen LogP contribution is 2.20. The average molecular weight is 243 g/mol. The molecule has 3 N–H and O–H groups in total. The maximum Gasteiger partial charge on any atom is 0.131 e. The van der Waals surface area contributed by atoms with Gasteiger partial charge in [0.25, 0.3) is 0 Å². The zero-order chi connectivity index (χ0) is 12.8. The van der Waals surface area contributed by atoms with Crippen LogP contribution in [0.2, 0.25) is 0 Å². The van der Waals surface area contributed by atoms with Crippen LogP contribution in [0.4, 0.5) is 4.39 Å². The molecule has 5 heteroatoms. The number of hydrogen-bond donors (Lipinski definition) is 2. The number of halogens is 1. The summed E-state index contributed by atoms with van der Waals surface area (Å²) in [6.07, 6.45) is -0.726. The first-order valence-corrected chi connectivity index (χ1v) is 5.39. The molecule has 0 saturated heterocycles. The van der Waals surface area contributed by atoms with Crippen LogP contribution < -0.4 is 10.5 Å². The predicted octanol–water partition coefficient (Wildman–Crippen LogP) is 1.23. The standard InChI is InChI=1S/C12H18FNO3/c1-8(14)11-4-3-10(5-12(11)13)17-7-9(15)6-16-2/h3-5,8-9,15H,6-7,14H2,1-2H3/t8-,9?/m1/s1. The SMILES string of the molecule is COCC(O)COc1ccc([C@@H](C)N)c(F)c1. The second-order valence-corrected chi connectivity index (χ2v) is 3.89. The molecule has 0 saturated carbocycles. The van der Waals surface area contributed by atoms with Crippen LogP contribution in [-0.4, -0.2) is 31.5 Å². The van der Waals surface area contributed by atoms with Gasteiger partial charge in [0.2, 0.25) is 0 Å². The van der Waals surface area contributed by atoms with Crippen molar-refractivity contribution in [2.75, 3.05) is 20.3 Å². The molecule has 1 unspecified atom stereocenters. The van der Waals surface area contributed by atoms with Gasteiger partial charge in [-0.3, -0.25) is 0 Å². The number of methoxy groups -OCH3 is 1. The minimum absolute atomic E-state index is 0.0603. The first kappa shape index (κ1) is 13.9. The van der Waals surface area contributed by atoms with Crippen LogP contribution >= 0.6 is 0 Å². The van der Waals surface area contributed by atoms with E-state index in [0.717, 1.165) is 0 Å². The molecule has 1 aromatic rings. The number of aliphatic hydroxyl groups excluding tert-OH is 1. The van der Waals surface area contributed by atoms with Crippen molar-refractivity contribution in [3.8, 4) is 5.75 Å². The van der Waals surface area contributed by atoms with Gasteiger partial charge in [0.05, 0.1) is 6.61 Å². The highest BCUT2D eigenvalue weighted by Gasteiger charge is 2.09. The van der Waals surface area contributed by atoms with E-state index in [2.05, 4.69) is 0 Å². The minimum atomic E-state index is -0.726. The van der Waals surface area contributed by atoms with Gasteiger partial charge in [-0.05, 0) is 13.0 Å². The Hall–Kier alpha value is -1.17. The number of ether oxygens (including phenoxy) is 2. The van der Waals surface area contributed by atoms with E-state index in [-0.39, 0.29) is 19.3 Å². The Morgan fingerprint density at radius 3 is 2.65 bits per heavy atom. The van der Waals surface area contributed by atoms with E-state index in [1.807, 2.05) is 0 Å². The summed E-state index contributed by atoms with van der Waals surface area (Å²) in [6.45, 7) is 1.95. The molecule has 0 aliphatic rings. The van der Waals surface area contributed by atoms with Gasteiger partial charge in [-0.15, -0.1) is 0 Å². The zero-order valence-corrected chi connectivity index (χ0v) is 10.0. The van der Waals surface area contributed by atoms with Crippen molar-refractivity contribution in [2.24, 2.45) is 5.73 Å². The summed E-state index contributed by atoms with van der Waals surface area (Å²) in [5.74, 6) is -0.0409. The Morgan fingerprint density at radius 1 is 1.41 bits per heavy atom. The van der Waals surface area contributed by atoms with E-state index in [1.54, 1.807) is 19.1 Å². The van der Waals surface area contributed by atoms with Crippen LogP contribution in [-0.2, 0) is 4.74 Å². The van der Waals surface area contributed by atoms with Crippen molar-refractivity contribution in [3.63, 3.8) is 0 Å². The lowest BCUT2D eigenvalue weighted by Gasteiger charge is -2.13. The Bertz CT molecular complexity index is 358. The second kappa shape index (κ2) is 6.54. The molecule has 0 heterocycles. The molecular formula is C12H18FNO3. The van der Waals surface area contributed by atoms with E-state index < -0.39 is 11.9 Å². The maximum atomic E-state index is 13.5. The van der Waals surface area contributed by atoms with Crippen LogP contribution in [0.3, 0.4) is 0 Å². The lowest BCUT2D eigenvalue weighted by Crippen LogP contribution is -2.22. The van der Waals surface area contributed by atoms with Crippen molar-refractivity contribution in [3.05, 3.63) is 29.6 Å². The molecular weight excluding hydrogens is 225 g/mol. The molecule has 0 fully saturated rings. The van der Waals surface area contributed by atoms with Gasteiger partial charge in [0.1, 0.15) is 24.3 Å². The Balaban J connectivity index is 2.58. The van der Waals surface area contributed by atoms with Crippen molar-refractivity contribution in [1.29, 1.82) is 0 Å².